The molecule has 0 fully saturated rings. The van der Waals surface area contributed by atoms with Crippen molar-refractivity contribution in [2.24, 2.45) is 0 Å². The standard InChI is InChI=1S/C14H9ClFNO3/c15-12-6-3-9(16)7-11(12)13(18)17-10-4-1-8(2-5-10)14(19)20/h1-7H,(H,17,18)(H,19,20). The summed E-state index contributed by atoms with van der Waals surface area (Å²) in [5.74, 6) is -2.20. The third-order valence-corrected chi connectivity index (χ3v) is 2.89. The Bertz CT molecular complexity index is 671. The van der Waals surface area contributed by atoms with Gasteiger partial charge in [0, 0.05) is 5.69 Å². The first-order chi connectivity index (χ1) is 9.47. The van der Waals surface area contributed by atoms with Crippen molar-refractivity contribution in [2.75, 3.05) is 5.32 Å². The van der Waals surface area contributed by atoms with Gasteiger partial charge < -0.3 is 10.4 Å². The number of hydrogen-bond donors (Lipinski definition) is 2. The fraction of sp³-hybridized carbons (Fsp3) is 0. The highest BCUT2D eigenvalue weighted by Gasteiger charge is 2.12. The van der Waals surface area contributed by atoms with Crippen molar-refractivity contribution in [1.29, 1.82) is 0 Å². The molecule has 0 aromatic heterocycles. The van der Waals surface area contributed by atoms with Gasteiger partial charge in [-0.3, -0.25) is 4.79 Å². The second-order valence-corrected chi connectivity index (χ2v) is 4.37. The number of hydrogen-bond acceptors (Lipinski definition) is 2. The number of amides is 1. The molecular formula is C14H9ClFNO3. The molecule has 0 aliphatic rings. The van der Waals surface area contributed by atoms with Gasteiger partial charge in [0.05, 0.1) is 16.1 Å². The van der Waals surface area contributed by atoms with Gasteiger partial charge in [-0.25, -0.2) is 9.18 Å². The van der Waals surface area contributed by atoms with E-state index in [1.807, 2.05) is 0 Å². The molecular weight excluding hydrogens is 285 g/mol. The van der Waals surface area contributed by atoms with Crippen molar-refractivity contribution in [3.05, 3.63) is 64.4 Å². The first-order valence-electron chi connectivity index (χ1n) is 5.57. The van der Waals surface area contributed by atoms with Gasteiger partial charge in [0.1, 0.15) is 5.82 Å². The van der Waals surface area contributed by atoms with E-state index in [4.69, 9.17) is 16.7 Å². The maximum Gasteiger partial charge on any atom is 0.335 e. The molecule has 0 bridgehead atoms. The lowest BCUT2D eigenvalue weighted by atomic mass is 10.1. The van der Waals surface area contributed by atoms with Crippen molar-refractivity contribution in [1.82, 2.24) is 0 Å². The summed E-state index contributed by atoms with van der Waals surface area (Å²) in [6.45, 7) is 0. The fourth-order valence-corrected chi connectivity index (χ4v) is 1.77. The number of carboxylic acid groups (broad SMARTS) is 1. The van der Waals surface area contributed by atoms with E-state index < -0.39 is 17.7 Å². The van der Waals surface area contributed by atoms with Crippen molar-refractivity contribution in [3.63, 3.8) is 0 Å². The Balaban J connectivity index is 2.19. The van der Waals surface area contributed by atoms with Crippen LogP contribution >= 0.6 is 11.6 Å². The van der Waals surface area contributed by atoms with Crippen LogP contribution in [0.1, 0.15) is 20.7 Å². The van der Waals surface area contributed by atoms with Crippen LogP contribution < -0.4 is 5.32 Å². The second-order valence-electron chi connectivity index (χ2n) is 3.96. The third kappa shape index (κ3) is 3.13. The number of halogens is 2. The molecule has 0 atom stereocenters. The van der Waals surface area contributed by atoms with E-state index in [1.165, 1.54) is 30.3 Å². The average Bonchev–Trinajstić information content (AvgIpc) is 2.42. The number of anilines is 1. The van der Waals surface area contributed by atoms with E-state index in [0.29, 0.717) is 5.69 Å². The van der Waals surface area contributed by atoms with Gasteiger partial charge in [-0.05, 0) is 42.5 Å². The normalized spacial score (nSPS) is 10.1. The Morgan fingerprint density at radius 3 is 2.35 bits per heavy atom. The van der Waals surface area contributed by atoms with Crippen LogP contribution in [0.15, 0.2) is 42.5 Å². The molecule has 2 aromatic rings. The summed E-state index contributed by atoms with van der Waals surface area (Å²) in [6, 6.07) is 9.06. The molecule has 0 unspecified atom stereocenters. The first kappa shape index (κ1) is 14.0. The fourth-order valence-electron chi connectivity index (χ4n) is 1.57. The molecule has 2 rings (SSSR count). The van der Waals surface area contributed by atoms with Gasteiger partial charge in [0.15, 0.2) is 0 Å². The number of carbonyl (C=O) groups is 2. The lowest BCUT2D eigenvalue weighted by Crippen LogP contribution is -2.13. The number of rotatable bonds is 3. The summed E-state index contributed by atoms with van der Waals surface area (Å²) >= 11 is 5.82. The summed E-state index contributed by atoms with van der Waals surface area (Å²) in [4.78, 5) is 22.6. The highest BCUT2D eigenvalue weighted by Crippen LogP contribution is 2.19. The minimum atomic E-state index is -1.06. The molecule has 0 heterocycles. The molecule has 0 aliphatic carbocycles. The highest BCUT2D eigenvalue weighted by atomic mass is 35.5. The SMILES string of the molecule is O=C(O)c1ccc(NC(=O)c2cc(F)ccc2Cl)cc1. The van der Waals surface area contributed by atoms with Crippen molar-refractivity contribution >= 4 is 29.2 Å². The summed E-state index contributed by atoms with van der Waals surface area (Å²) in [5.41, 5.74) is 0.501. The van der Waals surface area contributed by atoms with Crippen molar-refractivity contribution in [3.8, 4) is 0 Å². The number of aromatic carboxylic acids is 1. The smallest absolute Gasteiger partial charge is 0.335 e. The van der Waals surface area contributed by atoms with E-state index in [-0.39, 0.29) is 16.1 Å². The van der Waals surface area contributed by atoms with E-state index in [2.05, 4.69) is 5.32 Å². The highest BCUT2D eigenvalue weighted by molar-refractivity contribution is 6.34. The van der Waals surface area contributed by atoms with Crippen LogP contribution in [0.2, 0.25) is 5.02 Å². The molecule has 4 nitrogen and oxygen atoms in total. The molecule has 1 amide bonds. The summed E-state index contributed by atoms with van der Waals surface area (Å²) in [7, 11) is 0. The number of carbonyl (C=O) groups excluding carboxylic acids is 1. The number of benzene rings is 2. The third-order valence-electron chi connectivity index (χ3n) is 2.56. The largest absolute Gasteiger partial charge is 0.478 e. The van der Waals surface area contributed by atoms with E-state index in [0.717, 1.165) is 12.1 Å². The molecule has 20 heavy (non-hydrogen) atoms. The lowest BCUT2D eigenvalue weighted by molar-refractivity contribution is 0.0696. The Morgan fingerprint density at radius 2 is 1.75 bits per heavy atom. The molecule has 0 saturated heterocycles. The molecule has 0 radical (unpaired) electrons. The van der Waals surface area contributed by atoms with Crippen LogP contribution in [0.3, 0.4) is 0 Å². The maximum atomic E-state index is 13.1. The minimum Gasteiger partial charge on any atom is -0.478 e. The maximum absolute atomic E-state index is 13.1. The topological polar surface area (TPSA) is 66.4 Å². The van der Waals surface area contributed by atoms with Crippen molar-refractivity contribution < 1.29 is 19.1 Å². The molecule has 2 aromatic carbocycles. The van der Waals surface area contributed by atoms with Gasteiger partial charge in [-0.2, -0.15) is 0 Å². The van der Waals surface area contributed by atoms with Gasteiger partial charge in [-0.1, -0.05) is 11.6 Å². The Labute approximate surface area is 118 Å². The Kier molecular flexibility index (Phi) is 4.00. The van der Waals surface area contributed by atoms with Crippen LogP contribution in [0.25, 0.3) is 0 Å². The van der Waals surface area contributed by atoms with E-state index in [9.17, 15) is 14.0 Å². The zero-order valence-electron chi connectivity index (χ0n) is 10.1. The van der Waals surface area contributed by atoms with Crippen LogP contribution in [-0.2, 0) is 0 Å². The molecule has 0 spiro atoms. The van der Waals surface area contributed by atoms with Crippen LogP contribution in [0.4, 0.5) is 10.1 Å². The average molecular weight is 294 g/mol. The van der Waals surface area contributed by atoms with Gasteiger partial charge >= 0.3 is 5.97 Å². The Hall–Kier alpha value is -2.40. The predicted octanol–water partition coefficient (Wildman–Crippen LogP) is 3.43. The van der Waals surface area contributed by atoms with Crippen LogP contribution in [-0.4, -0.2) is 17.0 Å². The quantitative estimate of drug-likeness (QED) is 0.911. The van der Waals surface area contributed by atoms with Gasteiger partial charge in [0.25, 0.3) is 5.91 Å². The van der Waals surface area contributed by atoms with Crippen molar-refractivity contribution in [2.45, 2.75) is 0 Å². The molecule has 0 aliphatic heterocycles. The second kappa shape index (κ2) is 5.71. The van der Waals surface area contributed by atoms with Crippen LogP contribution in [0, 0.1) is 5.82 Å². The number of nitrogens with one attached hydrogen (secondary N) is 1. The van der Waals surface area contributed by atoms with Gasteiger partial charge in [0.2, 0.25) is 0 Å². The summed E-state index contributed by atoms with van der Waals surface area (Å²) in [5, 5.41) is 11.4. The minimum absolute atomic E-state index is 0.00831. The lowest BCUT2D eigenvalue weighted by Gasteiger charge is -2.07. The van der Waals surface area contributed by atoms with Crippen LogP contribution in [0.5, 0.6) is 0 Å². The first-order valence-corrected chi connectivity index (χ1v) is 5.95. The Morgan fingerprint density at radius 1 is 1.10 bits per heavy atom. The molecule has 0 saturated carbocycles. The monoisotopic (exact) mass is 293 g/mol. The molecule has 102 valence electrons. The zero-order valence-corrected chi connectivity index (χ0v) is 10.8. The zero-order chi connectivity index (χ0) is 14.7. The predicted molar refractivity (Wildman–Crippen MR) is 72.8 cm³/mol. The van der Waals surface area contributed by atoms with E-state index in [1.54, 1.807) is 0 Å². The molecule has 6 heteroatoms. The van der Waals surface area contributed by atoms with Gasteiger partial charge in [-0.15, -0.1) is 0 Å². The molecule has 2 N–H and O–H groups in total. The summed E-state index contributed by atoms with van der Waals surface area (Å²) in [6.07, 6.45) is 0. The number of carboxylic acids is 1. The van der Waals surface area contributed by atoms with E-state index >= 15 is 0 Å². The summed E-state index contributed by atoms with van der Waals surface area (Å²) < 4.78 is 13.1.